The van der Waals surface area contributed by atoms with E-state index in [9.17, 15) is 4.79 Å². The number of benzene rings is 2. The van der Waals surface area contributed by atoms with Crippen LogP contribution in [0.15, 0.2) is 47.6 Å². The lowest BCUT2D eigenvalue weighted by atomic mass is 10.1. The Morgan fingerprint density at radius 2 is 1.68 bits per heavy atom. The number of rotatable bonds is 14. The average molecular weight is 425 g/mol. The van der Waals surface area contributed by atoms with Crippen molar-refractivity contribution in [2.24, 2.45) is 5.10 Å². The zero-order valence-corrected chi connectivity index (χ0v) is 19.2. The van der Waals surface area contributed by atoms with Crippen LogP contribution in [0.5, 0.6) is 11.5 Å². The molecule has 1 N–H and O–H groups in total. The van der Waals surface area contributed by atoms with Crippen LogP contribution in [0.2, 0.25) is 0 Å². The summed E-state index contributed by atoms with van der Waals surface area (Å²) in [5, 5.41) is 4.10. The lowest BCUT2D eigenvalue weighted by Gasteiger charge is -2.12. The molecule has 0 saturated carbocycles. The Kier molecular flexibility index (Phi) is 11.2. The second-order valence-electron chi connectivity index (χ2n) is 7.55. The molecule has 2 aromatic carbocycles. The third-order valence-electron chi connectivity index (χ3n) is 4.94. The van der Waals surface area contributed by atoms with E-state index in [1.807, 2.05) is 49.4 Å². The van der Waals surface area contributed by atoms with Crippen molar-refractivity contribution < 1.29 is 14.3 Å². The summed E-state index contributed by atoms with van der Waals surface area (Å²) < 4.78 is 11.6. The highest BCUT2D eigenvalue weighted by Gasteiger charge is 2.07. The maximum absolute atomic E-state index is 12.3. The topological polar surface area (TPSA) is 59.9 Å². The first-order valence-electron chi connectivity index (χ1n) is 11.5. The first kappa shape index (κ1) is 24.4. The minimum Gasteiger partial charge on any atom is -0.490 e. The number of hydrazone groups is 1. The van der Waals surface area contributed by atoms with Crippen LogP contribution in [0.1, 0.15) is 80.8 Å². The van der Waals surface area contributed by atoms with E-state index in [1.54, 1.807) is 6.21 Å². The molecule has 168 valence electrons. The number of amides is 1. The van der Waals surface area contributed by atoms with E-state index >= 15 is 0 Å². The summed E-state index contributed by atoms with van der Waals surface area (Å²) in [6.45, 7) is 7.55. The van der Waals surface area contributed by atoms with Gasteiger partial charge in [-0.25, -0.2) is 5.43 Å². The van der Waals surface area contributed by atoms with Gasteiger partial charge in [-0.2, -0.15) is 5.10 Å². The third kappa shape index (κ3) is 8.83. The number of carbonyl (C=O) groups is 1. The molecule has 0 aliphatic rings. The van der Waals surface area contributed by atoms with Crippen molar-refractivity contribution in [1.29, 1.82) is 0 Å². The molecule has 31 heavy (non-hydrogen) atoms. The Hall–Kier alpha value is -2.82. The Morgan fingerprint density at radius 3 is 2.39 bits per heavy atom. The van der Waals surface area contributed by atoms with Gasteiger partial charge in [-0.15, -0.1) is 0 Å². The highest BCUT2D eigenvalue weighted by atomic mass is 16.5. The van der Waals surface area contributed by atoms with Crippen LogP contribution < -0.4 is 14.9 Å². The predicted molar refractivity (Wildman–Crippen MR) is 127 cm³/mol. The zero-order valence-electron chi connectivity index (χ0n) is 19.2. The van der Waals surface area contributed by atoms with Gasteiger partial charge in [-0.1, -0.05) is 51.7 Å². The monoisotopic (exact) mass is 424 g/mol. The molecule has 0 spiro atoms. The van der Waals surface area contributed by atoms with Crippen molar-refractivity contribution in [3.8, 4) is 11.5 Å². The largest absolute Gasteiger partial charge is 0.490 e. The van der Waals surface area contributed by atoms with Crippen molar-refractivity contribution in [2.45, 2.75) is 65.7 Å². The maximum atomic E-state index is 12.3. The average Bonchev–Trinajstić information content (AvgIpc) is 2.79. The fraction of sp³-hybridized carbons (Fsp3) is 0.462. The zero-order chi connectivity index (χ0) is 22.3. The van der Waals surface area contributed by atoms with Crippen LogP contribution in [0.3, 0.4) is 0 Å². The molecule has 5 nitrogen and oxygen atoms in total. The van der Waals surface area contributed by atoms with Crippen LogP contribution in [-0.2, 0) is 6.42 Å². The molecular formula is C26H36N2O3. The van der Waals surface area contributed by atoms with Gasteiger partial charge in [0.05, 0.1) is 19.4 Å². The molecular weight excluding hydrogens is 388 g/mol. The number of nitrogens with zero attached hydrogens (tertiary/aromatic N) is 1. The lowest BCUT2D eigenvalue weighted by molar-refractivity contribution is 0.0955. The van der Waals surface area contributed by atoms with Crippen LogP contribution in [0.25, 0.3) is 0 Å². The smallest absolute Gasteiger partial charge is 0.271 e. The van der Waals surface area contributed by atoms with E-state index in [0.29, 0.717) is 24.5 Å². The minimum absolute atomic E-state index is 0.227. The summed E-state index contributed by atoms with van der Waals surface area (Å²) in [5.74, 6) is 1.20. The van der Waals surface area contributed by atoms with Gasteiger partial charge in [0.25, 0.3) is 5.91 Å². The number of aryl methyl sites for hydroxylation is 1. The van der Waals surface area contributed by atoms with Crippen molar-refractivity contribution in [1.82, 2.24) is 5.43 Å². The summed E-state index contributed by atoms with van der Waals surface area (Å²) in [5.41, 5.74) is 5.26. The van der Waals surface area contributed by atoms with Gasteiger partial charge in [0.1, 0.15) is 0 Å². The summed E-state index contributed by atoms with van der Waals surface area (Å²) in [7, 11) is 0. The highest BCUT2D eigenvalue weighted by molar-refractivity contribution is 5.94. The number of unbranched alkanes of at least 4 members (excludes halogenated alkanes) is 4. The molecule has 0 unspecified atom stereocenters. The van der Waals surface area contributed by atoms with E-state index in [2.05, 4.69) is 24.4 Å². The molecule has 0 heterocycles. The summed E-state index contributed by atoms with van der Waals surface area (Å²) in [6.07, 6.45) is 9.61. The highest BCUT2D eigenvalue weighted by Crippen LogP contribution is 2.28. The van der Waals surface area contributed by atoms with Gasteiger partial charge in [-0.3, -0.25) is 4.79 Å². The van der Waals surface area contributed by atoms with Gasteiger partial charge in [-0.05, 0) is 67.6 Å². The molecule has 5 heteroatoms. The number of hydrogen-bond acceptors (Lipinski definition) is 4. The van der Waals surface area contributed by atoms with Crippen molar-refractivity contribution in [2.75, 3.05) is 13.2 Å². The predicted octanol–water partition coefficient (Wildman–Crippen LogP) is 6.15. The third-order valence-corrected chi connectivity index (χ3v) is 4.94. The van der Waals surface area contributed by atoms with Crippen LogP contribution in [0.4, 0.5) is 0 Å². The molecule has 0 atom stereocenters. The fourth-order valence-electron chi connectivity index (χ4n) is 3.14. The molecule has 1 amide bonds. The second kappa shape index (κ2) is 14.2. The summed E-state index contributed by atoms with van der Waals surface area (Å²) in [6, 6.07) is 13.4. The summed E-state index contributed by atoms with van der Waals surface area (Å²) in [4.78, 5) is 12.3. The first-order chi connectivity index (χ1) is 15.2. The molecule has 2 rings (SSSR count). The Morgan fingerprint density at radius 1 is 0.903 bits per heavy atom. The Labute approximate surface area is 186 Å². The van der Waals surface area contributed by atoms with E-state index < -0.39 is 0 Å². The number of nitrogens with one attached hydrogen (secondary N) is 1. The van der Waals surface area contributed by atoms with Crippen molar-refractivity contribution in [3.63, 3.8) is 0 Å². The standard InChI is InChI=1S/C26H36N2O3/c1-4-7-9-10-18-31-24-17-14-22(19-25(24)30-6-3)20-27-28-26(29)23-15-12-21(13-16-23)11-8-5-2/h12-17,19-20H,4-11,18H2,1-3H3,(H,28,29)/b27-20+. The molecule has 0 saturated heterocycles. The van der Waals surface area contributed by atoms with Gasteiger partial charge in [0.2, 0.25) is 0 Å². The number of carbonyl (C=O) groups excluding carboxylic acids is 1. The van der Waals surface area contributed by atoms with Crippen molar-refractivity contribution in [3.05, 3.63) is 59.2 Å². The molecule has 0 bridgehead atoms. The van der Waals surface area contributed by atoms with Gasteiger partial charge in [0.15, 0.2) is 11.5 Å². The molecule has 0 aromatic heterocycles. The van der Waals surface area contributed by atoms with Crippen LogP contribution in [0, 0.1) is 0 Å². The van der Waals surface area contributed by atoms with Gasteiger partial charge in [0, 0.05) is 5.56 Å². The molecule has 2 aromatic rings. The quantitative estimate of drug-likeness (QED) is 0.225. The molecule has 0 fully saturated rings. The van der Waals surface area contributed by atoms with Crippen molar-refractivity contribution >= 4 is 12.1 Å². The fourth-order valence-corrected chi connectivity index (χ4v) is 3.14. The van der Waals surface area contributed by atoms with Crippen LogP contribution >= 0.6 is 0 Å². The summed E-state index contributed by atoms with van der Waals surface area (Å²) >= 11 is 0. The molecule has 0 radical (unpaired) electrons. The SMILES string of the molecule is CCCCCCOc1ccc(/C=N/NC(=O)c2ccc(CCCC)cc2)cc1OCC. The van der Waals surface area contributed by atoms with E-state index in [-0.39, 0.29) is 5.91 Å². The Bertz CT molecular complexity index is 816. The van der Waals surface area contributed by atoms with Gasteiger partial charge < -0.3 is 9.47 Å². The normalized spacial score (nSPS) is 10.9. The van der Waals surface area contributed by atoms with Gasteiger partial charge >= 0.3 is 0 Å². The van der Waals surface area contributed by atoms with E-state index in [1.165, 1.54) is 24.8 Å². The second-order valence-corrected chi connectivity index (χ2v) is 7.55. The minimum atomic E-state index is -0.227. The number of ether oxygens (including phenoxy) is 2. The Balaban J connectivity index is 1.91. The maximum Gasteiger partial charge on any atom is 0.271 e. The first-order valence-corrected chi connectivity index (χ1v) is 11.5. The van der Waals surface area contributed by atoms with Crippen LogP contribution in [-0.4, -0.2) is 25.3 Å². The van der Waals surface area contributed by atoms with E-state index in [0.717, 1.165) is 37.0 Å². The number of hydrogen-bond donors (Lipinski definition) is 1. The molecule has 0 aliphatic carbocycles. The van der Waals surface area contributed by atoms with E-state index in [4.69, 9.17) is 9.47 Å². The molecule has 0 aliphatic heterocycles. The lowest BCUT2D eigenvalue weighted by Crippen LogP contribution is -2.17.